The zero-order valence-electron chi connectivity index (χ0n) is 24.3. The summed E-state index contributed by atoms with van der Waals surface area (Å²) in [6.07, 6.45) is 1.28. The van der Waals surface area contributed by atoms with Crippen molar-refractivity contribution in [3.05, 3.63) is 81.6 Å². The first-order valence-corrected chi connectivity index (χ1v) is 16.9. The summed E-state index contributed by atoms with van der Waals surface area (Å²) < 4.78 is 37.5. The molecule has 0 spiro atoms. The Hall–Kier alpha value is -2.60. The summed E-state index contributed by atoms with van der Waals surface area (Å²) >= 11 is 12.2. The Morgan fingerprint density at radius 3 is 2.53 bits per heavy atom. The lowest BCUT2D eigenvalue weighted by molar-refractivity contribution is -0.137. The number of aromatic nitrogens is 1. The van der Waals surface area contributed by atoms with E-state index in [1.165, 1.54) is 28.2 Å². The Morgan fingerprint density at radius 2 is 1.74 bits per heavy atom. The number of anilines is 1. The Bertz CT molecular complexity index is 1590. The van der Waals surface area contributed by atoms with Gasteiger partial charge >= 0.3 is 0 Å². The molecular weight excluding hydrogens is 609 g/mol. The summed E-state index contributed by atoms with van der Waals surface area (Å²) in [5, 5.41) is 0.458. The number of carbonyl (C=O) groups excluding carboxylic acids is 1. The lowest BCUT2D eigenvalue weighted by atomic mass is 9.98. The van der Waals surface area contributed by atoms with E-state index in [4.69, 9.17) is 27.9 Å². The topological polar surface area (TPSA) is 78.3 Å². The maximum absolute atomic E-state index is 13.9. The van der Waals surface area contributed by atoms with E-state index in [0.29, 0.717) is 31.6 Å². The summed E-state index contributed by atoms with van der Waals surface area (Å²) in [4.78, 5) is 19.9. The third kappa shape index (κ3) is 6.45. The van der Waals surface area contributed by atoms with E-state index in [9.17, 15) is 13.2 Å². The van der Waals surface area contributed by atoms with E-state index in [1.54, 1.807) is 0 Å². The molecule has 0 N–H and O–H groups in total. The Balaban J connectivity index is 1.09. The molecule has 2 aromatic carbocycles. The fraction of sp³-hybridized carbons (Fsp3) is 0.452. The molecule has 0 bridgehead atoms. The van der Waals surface area contributed by atoms with Crippen molar-refractivity contribution in [2.45, 2.75) is 43.4 Å². The number of benzene rings is 2. The molecule has 230 valence electrons. The molecule has 3 aromatic rings. The van der Waals surface area contributed by atoms with Crippen molar-refractivity contribution in [2.24, 2.45) is 0 Å². The number of sulfonamides is 1. The van der Waals surface area contributed by atoms with Gasteiger partial charge in [0.2, 0.25) is 5.91 Å². The lowest BCUT2D eigenvalue weighted by Gasteiger charge is -2.38. The molecule has 1 amide bonds. The van der Waals surface area contributed by atoms with Crippen LogP contribution in [0.15, 0.2) is 59.5 Å². The molecule has 6 rings (SSSR count). The van der Waals surface area contributed by atoms with E-state index in [2.05, 4.69) is 33.5 Å². The fourth-order valence-corrected chi connectivity index (χ4v) is 8.33. The second-order valence-corrected chi connectivity index (χ2v) is 14.2. The number of nitrogens with zero attached hydrogens (tertiary/aromatic N) is 5. The number of hydrogen-bond donors (Lipinski definition) is 0. The molecule has 3 aliphatic heterocycles. The van der Waals surface area contributed by atoms with Crippen LogP contribution >= 0.6 is 23.2 Å². The molecule has 0 saturated carbocycles. The first-order chi connectivity index (χ1) is 20.7. The van der Waals surface area contributed by atoms with E-state index >= 15 is 0 Å². The maximum atomic E-state index is 13.9. The number of carbonyl (C=O) groups is 1. The second-order valence-electron chi connectivity index (χ2n) is 11.6. The number of rotatable bonds is 8. The van der Waals surface area contributed by atoms with Crippen molar-refractivity contribution in [3.63, 3.8) is 0 Å². The zero-order chi connectivity index (χ0) is 30.1. The smallest absolute Gasteiger partial charge is 0.264 e. The minimum Gasteiger partial charge on any atom is -0.369 e. The van der Waals surface area contributed by atoms with Crippen molar-refractivity contribution < 1.29 is 17.9 Å². The minimum atomic E-state index is -3.97. The molecule has 3 aliphatic rings. The summed E-state index contributed by atoms with van der Waals surface area (Å²) in [6.45, 7) is 7.14. The number of hydrogen-bond acceptors (Lipinski definition) is 6. The van der Waals surface area contributed by atoms with Gasteiger partial charge < -0.3 is 19.1 Å². The number of aryl methyl sites for hydroxylation is 1. The molecule has 1 aromatic heterocycles. The van der Waals surface area contributed by atoms with Gasteiger partial charge in [0, 0.05) is 57.2 Å². The van der Waals surface area contributed by atoms with Gasteiger partial charge in [-0.2, -0.15) is 0 Å². The van der Waals surface area contributed by atoms with Crippen LogP contribution in [0.3, 0.4) is 0 Å². The van der Waals surface area contributed by atoms with Crippen LogP contribution in [-0.4, -0.2) is 92.6 Å². The van der Waals surface area contributed by atoms with Crippen LogP contribution in [0.25, 0.3) is 0 Å². The van der Waals surface area contributed by atoms with Gasteiger partial charge in [0.05, 0.1) is 39.8 Å². The lowest BCUT2D eigenvalue weighted by Crippen LogP contribution is -2.47. The van der Waals surface area contributed by atoms with Crippen molar-refractivity contribution in [1.82, 2.24) is 19.3 Å². The highest BCUT2D eigenvalue weighted by Gasteiger charge is 2.36. The van der Waals surface area contributed by atoms with Crippen LogP contribution in [-0.2, 0) is 45.6 Å². The standard InChI is InChI=1S/C31H37Cl2N5O4S/c1-34-12-14-35(15-13-34)19-24-8-9-25-20-36(16-17-37(24)25)31(39)22-42-21-26-7-6-23-4-2-3-5-30(23)38(26)43(40,41)27-10-11-28(32)29(33)18-27/h2-5,8-11,18,26H,6-7,12-17,19-22H2,1H3. The number of amides is 1. The van der Waals surface area contributed by atoms with E-state index < -0.39 is 16.1 Å². The highest BCUT2D eigenvalue weighted by Crippen LogP contribution is 2.37. The predicted molar refractivity (Wildman–Crippen MR) is 168 cm³/mol. The Kier molecular flexibility index (Phi) is 9.05. The Labute approximate surface area is 263 Å². The van der Waals surface area contributed by atoms with Crippen LogP contribution in [0, 0.1) is 0 Å². The zero-order valence-corrected chi connectivity index (χ0v) is 26.6. The molecule has 1 saturated heterocycles. The first-order valence-electron chi connectivity index (χ1n) is 14.7. The van der Waals surface area contributed by atoms with Gasteiger partial charge in [0.1, 0.15) is 6.61 Å². The molecule has 0 aliphatic carbocycles. The van der Waals surface area contributed by atoms with Gasteiger partial charge in [-0.25, -0.2) is 8.42 Å². The number of para-hydroxylation sites is 1. The van der Waals surface area contributed by atoms with Gasteiger partial charge in [-0.05, 0) is 61.9 Å². The third-order valence-corrected chi connectivity index (χ3v) is 11.3. The molecular formula is C31H37Cl2N5O4S. The second kappa shape index (κ2) is 12.8. The maximum Gasteiger partial charge on any atom is 0.264 e. The van der Waals surface area contributed by atoms with Crippen LogP contribution < -0.4 is 4.31 Å². The summed E-state index contributed by atoms with van der Waals surface area (Å²) in [7, 11) is -1.81. The fourth-order valence-electron chi connectivity index (χ4n) is 6.24. The average molecular weight is 647 g/mol. The molecule has 1 atom stereocenters. The molecule has 1 unspecified atom stereocenters. The van der Waals surface area contributed by atoms with Crippen molar-refractivity contribution in [2.75, 3.05) is 57.3 Å². The predicted octanol–water partition coefficient (Wildman–Crippen LogP) is 4.11. The monoisotopic (exact) mass is 645 g/mol. The van der Waals surface area contributed by atoms with Crippen LogP contribution in [0.5, 0.6) is 0 Å². The molecule has 1 fully saturated rings. The number of likely N-dealkylation sites (N-methyl/N-ethyl adjacent to an activating group) is 1. The van der Waals surface area contributed by atoms with Gasteiger partial charge in [-0.3, -0.25) is 14.0 Å². The minimum absolute atomic E-state index is 0.0583. The highest BCUT2D eigenvalue weighted by molar-refractivity contribution is 7.92. The highest BCUT2D eigenvalue weighted by atomic mass is 35.5. The number of halogens is 2. The first kappa shape index (κ1) is 30.4. The molecule has 43 heavy (non-hydrogen) atoms. The van der Waals surface area contributed by atoms with Crippen LogP contribution in [0.2, 0.25) is 10.0 Å². The third-order valence-electron chi connectivity index (χ3n) is 8.73. The van der Waals surface area contributed by atoms with Gasteiger partial charge in [-0.15, -0.1) is 0 Å². The van der Waals surface area contributed by atoms with E-state index in [1.807, 2.05) is 29.2 Å². The largest absolute Gasteiger partial charge is 0.369 e. The summed E-state index contributed by atoms with van der Waals surface area (Å²) in [5.74, 6) is -0.0943. The molecule has 4 heterocycles. The molecule has 12 heteroatoms. The average Bonchev–Trinajstić information content (AvgIpc) is 3.41. The van der Waals surface area contributed by atoms with Gasteiger partial charge in [-0.1, -0.05) is 41.4 Å². The summed E-state index contributed by atoms with van der Waals surface area (Å²) in [5.41, 5.74) is 3.99. The summed E-state index contributed by atoms with van der Waals surface area (Å²) in [6, 6.07) is 15.6. The van der Waals surface area contributed by atoms with E-state index in [-0.39, 0.29) is 34.1 Å². The number of ether oxygens (including phenoxy) is 1. The van der Waals surface area contributed by atoms with Crippen molar-refractivity contribution in [3.8, 4) is 0 Å². The van der Waals surface area contributed by atoms with Crippen LogP contribution in [0.1, 0.15) is 23.4 Å². The normalized spacial score (nSPS) is 19.7. The van der Waals surface area contributed by atoms with Gasteiger partial charge in [0.25, 0.3) is 10.0 Å². The SMILES string of the molecule is CN1CCN(Cc2ccc3n2CCN(C(=O)COCC2CCc4ccccc4N2S(=O)(=O)c2ccc(Cl)c(Cl)c2)C3)CC1. The molecule has 0 radical (unpaired) electrons. The van der Waals surface area contributed by atoms with Gasteiger partial charge in [0.15, 0.2) is 0 Å². The quantitative estimate of drug-likeness (QED) is 0.367. The number of fused-ring (bicyclic) bond motifs is 2. The van der Waals surface area contributed by atoms with Crippen molar-refractivity contribution in [1.29, 1.82) is 0 Å². The van der Waals surface area contributed by atoms with Crippen LogP contribution in [0.4, 0.5) is 5.69 Å². The van der Waals surface area contributed by atoms with Crippen molar-refractivity contribution >= 4 is 44.8 Å². The Morgan fingerprint density at radius 1 is 0.953 bits per heavy atom. The van der Waals surface area contributed by atoms with E-state index in [0.717, 1.165) is 50.5 Å². The number of piperazine rings is 1. The molecule has 9 nitrogen and oxygen atoms in total.